The topological polar surface area (TPSA) is 67.2 Å². The fourth-order valence-corrected chi connectivity index (χ4v) is 2.20. The van der Waals surface area contributed by atoms with Crippen LogP contribution in [0.25, 0.3) is 0 Å². The molecule has 0 atom stereocenters. The predicted molar refractivity (Wildman–Crippen MR) is 93.5 cm³/mol. The summed E-state index contributed by atoms with van der Waals surface area (Å²) < 4.78 is 1.81. The lowest BCUT2D eigenvalue weighted by Crippen LogP contribution is -2.30. The molecule has 0 aliphatic rings. The molecule has 0 saturated carbocycles. The van der Waals surface area contributed by atoms with Crippen molar-refractivity contribution < 1.29 is 9.59 Å². The molecule has 0 spiro atoms. The highest BCUT2D eigenvalue weighted by Crippen LogP contribution is 2.11. The molecule has 24 heavy (non-hydrogen) atoms. The Labute approximate surface area is 141 Å². The molecule has 0 radical (unpaired) electrons. The maximum absolute atomic E-state index is 12.2. The van der Waals surface area contributed by atoms with E-state index in [9.17, 15) is 9.59 Å². The highest BCUT2D eigenvalue weighted by molar-refractivity contribution is 5.98. The van der Waals surface area contributed by atoms with E-state index < -0.39 is 0 Å². The van der Waals surface area contributed by atoms with Crippen LogP contribution in [-0.4, -0.2) is 40.1 Å². The van der Waals surface area contributed by atoms with Gasteiger partial charge in [-0.05, 0) is 36.3 Å². The molecule has 1 heterocycles. The Morgan fingerprint density at radius 1 is 1.33 bits per heavy atom. The summed E-state index contributed by atoms with van der Waals surface area (Å²) in [5.41, 5.74) is 1.77. The van der Waals surface area contributed by atoms with Gasteiger partial charge < -0.3 is 10.2 Å². The van der Waals surface area contributed by atoms with Crippen LogP contribution in [0.1, 0.15) is 12.0 Å². The molecule has 126 valence electrons. The summed E-state index contributed by atoms with van der Waals surface area (Å²) in [6.45, 7) is 4.73. The van der Waals surface area contributed by atoms with Gasteiger partial charge in [0.15, 0.2) is 0 Å². The Morgan fingerprint density at radius 2 is 2.08 bits per heavy atom. The maximum Gasteiger partial charge on any atom is 0.247 e. The number of aryl methyl sites for hydroxylation is 1. The number of anilines is 1. The van der Waals surface area contributed by atoms with Crippen molar-refractivity contribution in [2.24, 2.45) is 0 Å². The molecule has 0 saturated heterocycles. The van der Waals surface area contributed by atoms with Gasteiger partial charge >= 0.3 is 0 Å². The van der Waals surface area contributed by atoms with Gasteiger partial charge in [-0.2, -0.15) is 5.10 Å². The summed E-state index contributed by atoms with van der Waals surface area (Å²) in [5, 5.41) is 6.81. The van der Waals surface area contributed by atoms with E-state index >= 15 is 0 Å². The van der Waals surface area contributed by atoms with Gasteiger partial charge in [-0.1, -0.05) is 18.7 Å². The number of carbonyl (C=O) groups is 2. The number of benzene rings is 1. The third kappa shape index (κ3) is 5.39. The Balaban J connectivity index is 1.76. The van der Waals surface area contributed by atoms with Crippen molar-refractivity contribution in [3.05, 3.63) is 60.9 Å². The van der Waals surface area contributed by atoms with E-state index in [2.05, 4.69) is 17.0 Å². The monoisotopic (exact) mass is 326 g/mol. The SMILES string of the molecule is C=CC(=O)Nc1ccc(CCC(=O)N(C)CCn2cccn2)cc1. The number of hydrogen-bond acceptors (Lipinski definition) is 3. The van der Waals surface area contributed by atoms with Crippen LogP contribution in [0.3, 0.4) is 0 Å². The van der Waals surface area contributed by atoms with Gasteiger partial charge in [-0.25, -0.2) is 0 Å². The normalized spacial score (nSPS) is 10.2. The zero-order chi connectivity index (χ0) is 17.4. The highest BCUT2D eigenvalue weighted by atomic mass is 16.2. The first kappa shape index (κ1) is 17.5. The van der Waals surface area contributed by atoms with Crippen LogP contribution < -0.4 is 5.32 Å². The maximum atomic E-state index is 12.2. The molecule has 0 unspecified atom stereocenters. The fraction of sp³-hybridized carbons (Fsp3) is 0.278. The minimum Gasteiger partial charge on any atom is -0.344 e. The van der Waals surface area contributed by atoms with E-state index in [0.29, 0.717) is 31.6 Å². The number of hydrogen-bond donors (Lipinski definition) is 1. The average molecular weight is 326 g/mol. The summed E-state index contributed by atoms with van der Waals surface area (Å²) in [6, 6.07) is 9.33. The van der Waals surface area contributed by atoms with E-state index in [-0.39, 0.29) is 11.8 Å². The van der Waals surface area contributed by atoms with Gasteiger partial charge in [0.25, 0.3) is 0 Å². The van der Waals surface area contributed by atoms with Gasteiger partial charge in [0.05, 0.1) is 6.54 Å². The Bertz CT molecular complexity index is 678. The molecule has 0 aliphatic heterocycles. The molecule has 0 fully saturated rings. The van der Waals surface area contributed by atoms with Gasteiger partial charge in [-0.15, -0.1) is 0 Å². The average Bonchev–Trinajstić information content (AvgIpc) is 3.12. The summed E-state index contributed by atoms with van der Waals surface area (Å²) in [5.74, 6) is -0.136. The summed E-state index contributed by atoms with van der Waals surface area (Å²) in [7, 11) is 1.81. The molecular formula is C18H22N4O2. The van der Waals surface area contributed by atoms with Crippen molar-refractivity contribution in [3.63, 3.8) is 0 Å². The third-order valence-corrected chi connectivity index (χ3v) is 3.68. The van der Waals surface area contributed by atoms with E-state index in [4.69, 9.17) is 0 Å². The van der Waals surface area contributed by atoms with Crippen molar-refractivity contribution in [2.75, 3.05) is 18.9 Å². The molecular weight excluding hydrogens is 304 g/mol. The fourth-order valence-electron chi connectivity index (χ4n) is 2.20. The van der Waals surface area contributed by atoms with E-state index in [1.807, 2.05) is 36.5 Å². The van der Waals surface area contributed by atoms with Crippen molar-refractivity contribution in [3.8, 4) is 0 Å². The molecule has 1 aromatic carbocycles. The molecule has 1 N–H and O–H groups in total. The first-order valence-corrected chi connectivity index (χ1v) is 7.82. The summed E-state index contributed by atoms with van der Waals surface area (Å²) >= 11 is 0. The van der Waals surface area contributed by atoms with Crippen LogP contribution >= 0.6 is 0 Å². The Hall–Kier alpha value is -2.89. The highest BCUT2D eigenvalue weighted by Gasteiger charge is 2.09. The van der Waals surface area contributed by atoms with Crippen LogP contribution in [0.2, 0.25) is 0 Å². The molecule has 1 aromatic heterocycles. The number of rotatable bonds is 8. The van der Waals surface area contributed by atoms with Crippen molar-refractivity contribution in [1.82, 2.24) is 14.7 Å². The van der Waals surface area contributed by atoms with Gasteiger partial charge in [-0.3, -0.25) is 14.3 Å². The molecule has 2 aromatic rings. The van der Waals surface area contributed by atoms with Crippen molar-refractivity contribution in [1.29, 1.82) is 0 Å². The molecule has 0 bridgehead atoms. The molecule has 2 amide bonds. The number of aromatic nitrogens is 2. The standard InChI is InChI=1S/C18H22N4O2/c1-3-17(23)20-16-8-5-15(6-9-16)7-10-18(24)21(2)13-14-22-12-4-11-19-22/h3-6,8-9,11-12H,1,7,10,13-14H2,2H3,(H,20,23). The largest absolute Gasteiger partial charge is 0.344 e. The molecule has 2 rings (SSSR count). The number of amides is 2. The minimum absolute atomic E-state index is 0.103. The lowest BCUT2D eigenvalue weighted by Gasteiger charge is -2.17. The first-order valence-electron chi connectivity index (χ1n) is 7.82. The quantitative estimate of drug-likeness (QED) is 0.756. The van der Waals surface area contributed by atoms with Gasteiger partial charge in [0.2, 0.25) is 11.8 Å². The second-order valence-corrected chi connectivity index (χ2v) is 5.47. The molecule has 0 aliphatic carbocycles. The van der Waals surface area contributed by atoms with E-state index in [1.54, 1.807) is 22.8 Å². The van der Waals surface area contributed by atoms with Crippen LogP contribution in [0.5, 0.6) is 0 Å². The summed E-state index contributed by atoms with van der Waals surface area (Å²) in [4.78, 5) is 25.1. The molecule has 6 heteroatoms. The first-order chi connectivity index (χ1) is 11.6. The molecule has 6 nitrogen and oxygen atoms in total. The smallest absolute Gasteiger partial charge is 0.247 e. The number of nitrogens with zero attached hydrogens (tertiary/aromatic N) is 3. The third-order valence-electron chi connectivity index (χ3n) is 3.68. The van der Waals surface area contributed by atoms with Crippen molar-refractivity contribution in [2.45, 2.75) is 19.4 Å². The number of carbonyl (C=O) groups excluding carboxylic acids is 2. The van der Waals surface area contributed by atoms with Crippen molar-refractivity contribution >= 4 is 17.5 Å². The lowest BCUT2D eigenvalue weighted by atomic mass is 10.1. The zero-order valence-corrected chi connectivity index (χ0v) is 13.8. The van der Waals surface area contributed by atoms with Crippen LogP contribution in [-0.2, 0) is 22.6 Å². The van der Waals surface area contributed by atoms with Crippen LogP contribution in [0, 0.1) is 0 Å². The second kappa shape index (κ2) is 8.67. The van der Waals surface area contributed by atoms with Gasteiger partial charge in [0, 0.05) is 38.1 Å². The second-order valence-electron chi connectivity index (χ2n) is 5.47. The minimum atomic E-state index is -0.239. The van der Waals surface area contributed by atoms with Crippen LogP contribution in [0.15, 0.2) is 55.4 Å². The zero-order valence-electron chi connectivity index (χ0n) is 13.8. The lowest BCUT2D eigenvalue weighted by molar-refractivity contribution is -0.130. The van der Waals surface area contributed by atoms with Crippen LogP contribution in [0.4, 0.5) is 5.69 Å². The Kier molecular flexibility index (Phi) is 6.31. The Morgan fingerprint density at radius 3 is 2.71 bits per heavy atom. The predicted octanol–water partition coefficient (Wildman–Crippen LogP) is 2.10. The van der Waals surface area contributed by atoms with E-state index in [0.717, 1.165) is 5.56 Å². The van der Waals surface area contributed by atoms with Gasteiger partial charge in [0.1, 0.15) is 0 Å². The summed E-state index contributed by atoms with van der Waals surface area (Å²) in [6.07, 6.45) is 5.95. The number of nitrogens with one attached hydrogen (secondary N) is 1. The van der Waals surface area contributed by atoms with E-state index in [1.165, 1.54) is 6.08 Å². The number of likely N-dealkylation sites (N-methyl/N-ethyl adjacent to an activating group) is 1.